The molecule has 2 nitrogen and oxygen atoms in total. The van der Waals surface area contributed by atoms with Gasteiger partial charge in [-0.05, 0) is 62.7 Å². The molecule has 2 rings (SSSR count). The van der Waals surface area contributed by atoms with Crippen LogP contribution < -0.4 is 0 Å². The predicted molar refractivity (Wildman–Crippen MR) is 77.9 cm³/mol. The Bertz CT molecular complexity index is 271. The molecular formula is C17H30O2. The van der Waals surface area contributed by atoms with Crippen LogP contribution in [0.25, 0.3) is 0 Å². The lowest BCUT2D eigenvalue weighted by Gasteiger charge is -2.37. The summed E-state index contributed by atoms with van der Waals surface area (Å²) in [5.41, 5.74) is 0. The van der Waals surface area contributed by atoms with Gasteiger partial charge in [0.25, 0.3) is 0 Å². The van der Waals surface area contributed by atoms with E-state index in [0.717, 1.165) is 37.0 Å². The first-order valence-corrected chi connectivity index (χ1v) is 8.38. The summed E-state index contributed by atoms with van der Waals surface area (Å²) in [5, 5.41) is 0. The van der Waals surface area contributed by atoms with Gasteiger partial charge in [-0.25, -0.2) is 0 Å². The molecule has 0 amide bonds. The molecule has 0 aromatic rings. The largest absolute Gasteiger partial charge is 0.462 e. The lowest BCUT2D eigenvalue weighted by molar-refractivity contribution is -0.151. The van der Waals surface area contributed by atoms with Crippen LogP contribution in [-0.4, -0.2) is 12.1 Å². The van der Waals surface area contributed by atoms with Crippen molar-refractivity contribution >= 4 is 5.97 Å². The van der Waals surface area contributed by atoms with Gasteiger partial charge < -0.3 is 4.74 Å². The predicted octanol–water partition coefficient (Wildman–Crippen LogP) is 4.71. The van der Waals surface area contributed by atoms with Crippen molar-refractivity contribution in [3.63, 3.8) is 0 Å². The summed E-state index contributed by atoms with van der Waals surface area (Å²) in [6.45, 7) is 4.42. The van der Waals surface area contributed by atoms with E-state index in [1.165, 1.54) is 38.5 Å². The number of rotatable bonds is 4. The van der Waals surface area contributed by atoms with Crippen LogP contribution in [0.2, 0.25) is 0 Å². The van der Waals surface area contributed by atoms with Crippen LogP contribution in [0.4, 0.5) is 0 Å². The van der Waals surface area contributed by atoms with E-state index in [0.29, 0.717) is 6.42 Å². The molecule has 110 valence electrons. The Kier molecular flexibility index (Phi) is 5.72. The van der Waals surface area contributed by atoms with Crippen molar-refractivity contribution in [2.24, 2.45) is 17.8 Å². The minimum Gasteiger partial charge on any atom is -0.462 e. The molecule has 0 radical (unpaired) electrons. The third-order valence-corrected chi connectivity index (χ3v) is 5.20. The first-order chi connectivity index (χ1) is 9.19. The summed E-state index contributed by atoms with van der Waals surface area (Å²) >= 11 is 0. The second kappa shape index (κ2) is 7.31. The third-order valence-electron chi connectivity index (χ3n) is 5.20. The van der Waals surface area contributed by atoms with Crippen LogP contribution in [-0.2, 0) is 9.53 Å². The van der Waals surface area contributed by atoms with Gasteiger partial charge in [-0.2, -0.15) is 0 Å². The number of carbonyl (C=O) groups excluding carboxylic acids is 1. The Morgan fingerprint density at radius 3 is 2.00 bits per heavy atom. The van der Waals surface area contributed by atoms with Crippen molar-refractivity contribution in [1.29, 1.82) is 0 Å². The molecular weight excluding hydrogens is 236 g/mol. The van der Waals surface area contributed by atoms with E-state index in [1.54, 1.807) is 0 Å². The molecule has 2 heteroatoms. The Morgan fingerprint density at radius 2 is 1.47 bits per heavy atom. The van der Waals surface area contributed by atoms with Gasteiger partial charge in [-0.3, -0.25) is 4.79 Å². The summed E-state index contributed by atoms with van der Waals surface area (Å²) in [5.74, 6) is 2.83. The van der Waals surface area contributed by atoms with Gasteiger partial charge in [0.15, 0.2) is 0 Å². The molecule has 0 aromatic heterocycles. The molecule has 0 unspecified atom stereocenters. The van der Waals surface area contributed by atoms with Crippen molar-refractivity contribution < 1.29 is 9.53 Å². The highest BCUT2D eigenvalue weighted by Gasteiger charge is 2.30. The fourth-order valence-corrected chi connectivity index (χ4v) is 3.88. The van der Waals surface area contributed by atoms with Crippen molar-refractivity contribution in [2.75, 3.05) is 0 Å². The van der Waals surface area contributed by atoms with E-state index in [4.69, 9.17) is 4.74 Å². The fraction of sp³-hybridized carbons (Fsp3) is 0.941. The molecule has 2 saturated carbocycles. The highest BCUT2D eigenvalue weighted by molar-refractivity contribution is 5.69. The molecule has 0 saturated heterocycles. The number of hydrogen-bond acceptors (Lipinski definition) is 2. The first kappa shape index (κ1) is 14.9. The van der Waals surface area contributed by atoms with E-state index in [1.807, 2.05) is 6.92 Å². The van der Waals surface area contributed by atoms with Gasteiger partial charge in [-0.1, -0.05) is 26.7 Å². The molecule has 0 atom stereocenters. The number of esters is 1. The molecule has 0 spiro atoms. The van der Waals surface area contributed by atoms with Gasteiger partial charge >= 0.3 is 5.97 Å². The molecule has 0 aliphatic heterocycles. The average molecular weight is 266 g/mol. The zero-order valence-electron chi connectivity index (χ0n) is 12.7. The van der Waals surface area contributed by atoms with E-state index in [2.05, 4.69) is 6.92 Å². The zero-order chi connectivity index (χ0) is 13.7. The number of ether oxygens (including phenoxy) is 1. The summed E-state index contributed by atoms with van der Waals surface area (Å²) in [6.07, 6.45) is 12.2. The van der Waals surface area contributed by atoms with Crippen molar-refractivity contribution in [2.45, 2.75) is 84.2 Å². The Morgan fingerprint density at radius 1 is 0.947 bits per heavy atom. The van der Waals surface area contributed by atoms with E-state index in [-0.39, 0.29) is 12.1 Å². The first-order valence-electron chi connectivity index (χ1n) is 8.38. The average Bonchev–Trinajstić information content (AvgIpc) is 2.41. The molecule has 0 bridgehead atoms. The molecule has 0 N–H and O–H groups in total. The quantitative estimate of drug-likeness (QED) is 0.688. The monoisotopic (exact) mass is 266 g/mol. The molecule has 0 aromatic carbocycles. The second-order valence-electron chi connectivity index (χ2n) is 6.80. The van der Waals surface area contributed by atoms with E-state index >= 15 is 0 Å². The molecule has 2 aliphatic carbocycles. The maximum atomic E-state index is 11.5. The lowest BCUT2D eigenvalue weighted by Crippen LogP contribution is -2.29. The SMILES string of the molecule is CCCC(=O)OC1CCC(C2CCC(C)CC2)CC1. The second-order valence-corrected chi connectivity index (χ2v) is 6.80. The van der Waals surface area contributed by atoms with Crippen LogP contribution >= 0.6 is 0 Å². The highest BCUT2D eigenvalue weighted by atomic mass is 16.5. The van der Waals surface area contributed by atoms with E-state index in [9.17, 15) is 4.79 Å². The van der Waals surface area contributed by atoms with Gasteiger partial charge in [0.1, 0.15) is 6.10 Å². The minimum absolute atomic E-state index is 0.0115. The van der Waals surface area contributed by atoms with Crippen molar-refractivity contribution in [1.82, 2.24) is 0 Å². The van der Waals surface area contributed by atoms with Crippen LogP contribution in [0.3, 0.4) is 0 Å². The lowest BCUT2D eigenvalue weighted by atomic mass is 9.71. The topological polar surface area (TPSA) is 26.3 Å². The molecule has 2 aliphatic rings. The zero-order valence-corrected chi connectivity index (χ0v) is 12.7. The van der Waals surface area contributed by atoms with Crippen molar-refractivity contribution in [3.05, 3.63) is 0 Å². The van der Waals surface area contributed by atoms with E-state index < -0.39 is 0 Å². The minimum atomic E-state index is 0.0115. The van der Waals surface area contributed by atoms with Crippen LogP contribution in [0, 0.1) is 17.8 Å². The van der Waals surface area contributed by atoms with Crippen molar-refractivity contribution in [3.8, 4) is 0 Å². The summed E-state index contributed by atoms with van der Waals surface area (Å²) < 4.78 is 5.55. The maximum Gasteiger partial charge on any atom is 0.306 e. The Hall–Kier alpha value is -0.530. The molecule has 0 heterocycles. The van der Waals surface area contributed by atoms with Crippen LogP contribution in [0.1, 0.15) is 78.1 Å². The summed E-state index contributed by atoms with van der Waals surface area (Å²) in [4.78, 5) is 11.5. The number of hydrogen-bond donors (Lipinski definition) is 0. The fourth-order valence-electron chi connectivity index (χ4n) is 3.88. The van der Waals surface area contributed by atoms with Gasteiger partial charge in [0, 0.05) is 6.42 Å². The van der Waals surface area contributed by atoms with Gasteiger partial charge in [0.05, 0.1) is 0 Å². The summed E-state index contributed by atoms with van der Waals surface area (Å²) in [7, 11) is 0. The van der Waals surface area contributed by atoms with Gasteiger partial charge in [-0.15, -0.1) is 0 Å². The normalized spacial score (nSPS) is 35.9. The molecule has 2 fully saturated rings. The Labute approximate surface area is 118 Å². The molecule has 19 heavy (non-hydrogen) atoms. The van der Waals surface area contributed by atoms with Crippen LogP contribution in [0.5, 0.6) is 0 Å². The summed E-state index contributed by atoms with van der Waals surface area (Å²) in [6, 6.07) is 0. The standard InChI is InChI=1S/C17H30O2/c1-3-4-17(18)19-16-11-9-15(10-12-16)14-7-5-13(2)6-8-14/h13-16H,3-12H2,1-2H3. The third kappa shape index (κ3) is 4.50. The maximum absolute atomic E-state index is 11.5. The van der Waals surface area contributed by atoms with Gasteiger partial charge in [0.2, 0.25) is 0 Å². The smallest absolute Gasteiger partial charge is 0.306 e. The highest BCUT2D eigenvalue weighted by Crippen LogP contribution is 2.40. The van der Waals surface area contributed by atoms with Crippen LogP contribution in [0.15, 0.2) is 0 Å². The number of carbonyl (C=O) groups is 1. The Balaban J connectivity index is 1.69.